The van der Waals surface area contributed by atoms with E-state index in [2.05, 4.69) is 10.6 Å². The van der Waals surface area contributed by atoms with Crippen molar-refractivity contribution < 1.29 is 27.4 Å². The van der Waals surface area contributed by atoms with Gasteiger partial charge in [0.25, 0.3) is 0 Å². The Morgan fingerprint density at radius 2 is 1.68 bits per heavy atom. The average Bonchev–Trinajstić information content (AvgIpc) is 2.62. The summed E-state index contributed by atoms with van der Waals surface area (Å²) in [5, 5.41) is 5.11. The minimum absolute atomic E-state index is 0.443. The fourth-order valence-corrected chi connectivity index (χ4v) is 2.08. The number of nitrogens with one attached hydrogen (secondary N) is 2. The van der Waals surface area contributed by atoms with Gasteiger partial charge in [-0.05, 0) is 31.2 Å². The van der Waals surface area contributed by atoms with Crippen molar-refractivity contribution in [3.05, 3.63) is 47.8 Å². The van der Waals surface area contributed by atoms with E-state index in [0.717, 1.165) is 12.1 Å². The highest BCUT2D eigenvalue weighted by Crippen LogP contribution is 2.29. The zero-order valence-corrected chi connectivity index (χ0v) is 13.8. The zero-order chi connectivity index (χ0) is 18.6. The van der Waals surface area contributed by atoms with Crippen molar-refractivity contribution >= 4 is 17.3 Å². The fourth-order valence-electron chi connectivity index (χ4n) is 2.08. The number of rotatable bonds is 6. The second kappa shape index (κ2) is 7.78. The first-order valence-electron chi connectivity index (χ1n) is 7.30. The number of methoxy groups -OCH3 is 2. The number of halogens is 3. The quantitative estimate of drug-likeness (QED) is 0.779. The average molecular weight is 354 g/mol. The van der Waals surface area contributed by atoms with Crippen molar-refractivity contribution in [2.75, 3.05) is 24.9 Å². The molecule has 0 aromatic heterocycles. The molecule has 5 nitrogen and oxygen atoms in total. The lowest BCUT2D eigenvalue weighted by atomic mass is 10.2. The molecule has 1 atom stereocenters. The predicted molar refractivity (Wildman–Crippen MR) is 87.6 cm³/mol. The van der Waals surface area contributed by atoms with Crippen molar-refractivity contribution in [3.63, 3.8) is 0 Å². The molecule has 0 saturated heterocycles. The Labute approximate surface area is 142 Å². The summed E-state index contributed by atoms with van der Waals surface area (Å²) in [7, 11) is 2.97. The summed E-state index contributed by atoms with van der Waals surface area (Å²) < 4.78 is 50.1. The molecular weight excluding hydrogens is 337 g/mol. The van der Waals surface area contributed by atoms with Gasteiger partial charge in [0.15, 0.2) is 17.5 Å². The molecule has 0 radical (unpaired) electrons. The van der Waals surface area contributed by atoms with Crippen LogP contribution in [0.2, 0.25) is 0 Å². The molecule has 1 amide bonds. The molecule has 0 unspecified atom stereocenters. The second-order valence-corrected chi connectivity index (χ2v) is 5.14. The highest BCUT2D eigenvalue weighted by atomic mass is 19.2. The summed E-state index contributed by atoms with van der Waals surface area (Å²) in [4.78, 5) is 12.2. The van der Waals surface area contributed by atoms with Crippen molar-refractivity contribution in [3.8, 4) is 11.5 Å². The first-order valence-corrected chi connectivity index (χ1v) is 7.30. The third kappa shape index (κ3) is 4.14. The lowest BCUT2D eigenvalue weighted by molar-refractivity contribution is -0.116. The second-order valence-electron chi connectivity index (χ2n) is 5.14. The molecule has 2 aromatic carbocycles. The van der Waals surface area contributed by atoms with E-state index in [0.29, 0.717) is 17.2 Å². The fraction of sp³-hybridized carbons (Fsp3) is 0.235. The molecular formula is C17H17F3N2O3. The van der Waals surface area contributed by atoms with Gasteiger partial charge in [-0.2, -0.15) is 0 Å². The zero-order valence-electron chi connectivity index (χ0n) is 13.8. The largest absolute Gasteiger partial charge is 0.497 e. The maximum atomic E-state index is 13.6. The van der Waals surface area contributed by atoms with Crippen LogP contribution in [0.4, 0.5) is 24.5 Å². The van der Waals surface area contributed by atoms with Crippen molar-refractivity contribution in [1.29, 1.82) is 0 Å². The van der Waals surface area contributed by atoms with Crippen LogP contribution in [0.5, 0.6) is 11.5 Å². The number of anilines is 2. The van der Waals surface area contributed by atoms with Crippen LogP contribution in [0.1, 0.15) is 6.92 Å². The molecule has 0 aliphatic carbocycles. The monoisotopic (exact) mass is 354 g/mol. The first-order chi connectivity index (χ1) is 11.9. The third-order valence-electron chi connectivity index (χ3n) is 3.47. The van der Waals surface area contributed by atoms with Crippen LogP contribution in [-0.2, 0) is 4.79 Å². The standard InChI is InChI=1S/C17H17F3N2O3/c1-9(21-12-6-4-10(24-2)8-14(12)25-3)17(23)22-13-7-5-11(18)15(19)16(13)20/h4-9,21H,1-3H3,(H,22,23)/t9-/m1/s1. The number of amides is 1. The van der Waals surface area contributed by atoms with Gasteiger partial charge in [-0.1, -0.05) is 0 Å². The van der Waals surface area contributed by atoms with E-state index in [1.54, 1.807) is 18.2 Å². The number of ether oxygens (including phenoxy) is 2. The smallest absolute Gasteiger partial charge is 0.246 e. The van der Waals surface area contributed by atoms with Gasteiger partial charge in [0.2, 0.25) is 5.91 Å². The Morgan fingerprint density at radius 1 is 1.00 bits per heavy atom. The van der Waals surface area contributed by atoms with E-state index >= 15 is 0 Å². The molecule has 2 rings (SSSR count). The maximum absolute atomic E-state index is 13.6. The van der Waals surface area contributed by atoms with Crippen molar-refractivity contribution in [2.45, 2.75) is 13.0 Å². The van der Waals surface area contributed by atoms with Gasteiger partial charge < -0.3 is 20.1 Å². The number of hydrogen-bond acceptors (Lipinski definition) is 4. The molecule has 0 heterocycles. The molecule has 0 saturated carbocycles. The molecule has 0 fully saturated rings. The van der Waals surface area contributed by atoms with E-state index in [-0.39, 0.29) is 0 Å². The SMILES string of the molecule is COc1ccc(N[C@H](C)C(=O)Nc2ccc(F)c(F)c2F)c(OC)c1. The molecule has 0 aliphatic rings. The lowest BCUT2D eigenvalue weighted by Crippen LogP contribution is -2.32. The molecule has 0 bridgehead atoms. The molecule has 134 valence electrons. The Kier molecular flexibility index (Phi) is 5.74. The van der Waals surface area contributed by atoms with Gasteiger partial charge in [0, 0.05) is 6.07 Å². The highest BCUT2D eigenvalue weighted by molar-refractivity contribution is 5.96. The molecule has 0 spiro atoms. The minimum Gasteiger partial charge on any atom is -0.497 e. The summed E-state index contributed by atoms with van der Waals surface area (Å²) in [6.45, 7) is 1.52. The van der Waals surface area contributed by atoms with E-state index in [9.17, 15) is 18.0 Å². The van der Waals surface area contributed by atoms with Crippen LogP contribution in [0.25, 0.3) is 0 Å². The highest BCUT2D eigenvalue weighted by Gasteiger charge is 2.19. The first kappa shape index (κ1) is 18.4. The normalized spacial score (nSPS) is 11.6. The summed E-state index contributed by atoms with van der Waals surface area (Å²) in [6.07, 6.45) is 0. The summed E-state index contributed by atoms with van der Waals surface area (Å²) in [5.74, 6) is -4.05. The summed E-state index contributed by atoms with van der Waals surface area (Å²) in [5.41, 5.74) is 0.0657. The Bertz CT molecular complexity index is 784. The van der Waals surface area contributed by atoms with Crippen molar-refractivity contribution in [2.24, 2.45) is 0 Å². The number of carbonyl (C=O) groups excluding carboxylic acids is 1. The van der Waals surface area contributed by atoms with E-state index in [1.807, 2.05) is 0 Å². The van der Waals surface area contributed by atoms with Crippen LogP contribution in [0.3, 0.4) is 0 Å². The number of benzene rings is 2. The van der Waals surface area contributed by atoms with Gasteiger partial charge >= 0.3 is 0 Å². The van der Waals surface area contributed by atoms with Gasteiger partial charge in [-0.3, -0.25) is 4.79 Å². The molecule has 25 heavy (non-hydrogen) atoms. The van der Waals surface area contributed by atoms with E-state index in [1.165, 1.54) is 21.1 Å². The maximum Gasteiger partial charge on any atom is 0.246 e. The summed E-state index contributed by atoms with van der Waals surface area (Å²) >= 11 is 0. The van der Waals surface area contributed by atoms with Crippen LogP contribution in [0.15, 0.2) is 30.3 Å². The van der Waals surface area contributed by atoms with Gasteiger partial charge in [-0.25, -0.2) is 13.2 Å². The van der Waals surface area contributed by atoms with Crippen LogP contribution >= 0.6 is 0 Å². The number of carbonyl (C=O) groups is 1. The third-order valence-corrected chi connectivity index (χ3v) is 3.47. The summed E-state index contributed by atoms with van der Waals surface area (Å²) in [6, 6.07) is 5.83. The Hall–Kier alpha value is -2.90. The molecule has 8 heteroatoms. The lowest BCUT2D eigenvalue weighted by Gasteiger charge is -2.18. The molecule has 2 N–H and O–H groups in total. The molecule has 2 aromatic rings. The van der Waals surface area contributed by atoms with Crippen LogP contribution in [0, 0.1) is 17.5 Å². The Balaban J connectivity index is 2.12. The predicted octanol–water partition coefficient (Wildman–Crippen LogP) is 3.56. The molecule has 0 aliphatic heterocycles. The van der Waals surface area contributed by atoms with Crippen LogP contribution < -0.4 is 20.1 Å². The topological polar surface area (TPSA) is 59.6 Å². The van der Waals surface area contributed by atoms with Crippen molar-refractivity contribution in [1.82, 2.24) is 0 Å². The van der Waals surface area contributed by atoms with Gasteiger partial charge in [-0.15, -0.1) is 0 Å². The van der Waals surface area contributed by atoms with E-state index < -0.39 is 35.1 Å². The minimum atomic E-state index is -1.64. The van der Waals surface area contributed by atoms with Gasteiger partial charge in [0.1, 0.15) is 17.5 Å². The van der Waals surface area contributed by atoms with Gasteiger partial charge in [0.05, 0.1) is 25.6 Å². The number of hydrogen-bond donors (Lipinski definition) is 2. The van der Waals surface area contributed by atoms with E-state index in [4.69, 9.17) is 9.47 Å². The Morgan fingerprint density at radius 3 is 2.32 bits per heavy atom. The van der Waals surface area contributed by atoms with Crippen LogP contribution in [-0.4, -0.2) is 26.2 Å².